The fourth-order valence-corrected chi connectivity index (χ4v) is 0.246. The van der Waals surface area contributed by atoms with Gasteiger partial charge in [-0.05, 0) is 6.42 Å². The first-order valence-corrected chi connectivity index (χ1v) is 4.29. The molecule has 66 valence electrons. The summed E-state index contributed by atoms with van der Waals surface area (Å²) in [5.74, 6) is -0.539. The maximum absolute atomic E-state index is 9.82. The van der Waals surface area contributed by atoms with E-state index in [4.69, 9.17) is 5.73 Å². The molecule has 0 atom stereocenters. The molecule has 0 radical (unpaired) electrons. The topological polar surface area (TPSA) is 86.2 Å². The Bertz CT molecular complexity index is 128. The molecule has 0 fully saturated rings. The molecule has 0 unspecified atom stereocenters. The Morgan fingerprint density at radius 2 is 1.64 bits per heavy atom. The normalized spacial score (nSPS) is 7.82. The third kappa shape index (κ3) is 26.5. The molecule has 0 spiro atoms. The van der Waals surface area contributed by atoms with Gasteiger partial charge in [-0.3, -0.25) is 9.59 Å². The van der Waals surface area contributed by atoms with Crippen LogP contribution in [0.2, 0.25) is 0 Å². The number of halogens is 1. The zero-order valence-electron chi connectivity index (χ0n) is 6.47. The van der Waals surface area contributed by atoms with E-state index < -0.39 is 0 Å². The number of rotatable bonds is 3. The van der Waals surface area contributed by atoms with Crippen molar-refractivity contribution in [3.63, 3.8) is 0 Å². The van der Waals surface area contributed by atoms with Crippen LogP contribution in [0.4, 0.5) is 0 Å². The molecule has 0 rings (SSSR count). The highest BCUT2D eigenvalue weighted by Crippen LogP contribution is 1.79. The lowest BCUT2D eigenvalue weighted by Crippen LogP contribution is -2.10. The third-order valence-electron chi connectivity index (χ3n) is 0.628. The van der Waals surface area contributed by atoms with E-state index in [-0.39, 0.29) is 17.1 Å². The molecule has 0 saturated carbocycles. The number of hydrogen-bond donors (Lipinski definition) is 2. The largest absolute Gasteiger partial charge is 0.370 e. The van der Waals surface area contributed by atoms with Gasteiger partial charge in [0, 0.05) is 6.42 Å². The van der Waals surface area contributed by atoms with Crippen molar-refractivity contribution < 1.29 is 9.59 Å². The summed E-state index contributed by atoms with van der Waals surface area (Å²) in [4.78, 5) is 19.4. The van der Waals surface area contributed by atoms with Gasteiger partial charge in [-0.25, -0.2) is 0 Å². The van der Waals surface area contributed by atoms with Crippen molar-refractivity contribution in [1.82, 2.24) is 0 Å². The molecule has 0 saturated heterocycles. The second-order valence-electron chi connectivity index (χ2n) is 1.82. The lowest BCUT2D eigenvalue weighted by atomic mass is 10.3. The Morgan fingerprint density at radius 3 is 1.64 bits per heavy atom. The van der Waals surface area contributed by atoms with Crippen LogP contribution in [0.3, 0.4) is 0 Å². The van der Waals surface area contributed by atoms with E-state index in [1.54, 1.807) is 0 Å². The summed E-state index contributed by atoms with van der Waals surface area (Å²) in [7, 11) is 0. The highest BCUT2D eigenvalue weighted by molar-refractivity contribution is 9.09. The number of amides is 2. The Kier molecular flexibility index (Phi) is 11.2. The zero-order chi connectivity index (χ0) is 9.28. The second-order valence-corrected chi connectivity index (χ2v) is 2.38. The van der Waals surface area contributed by atoms with Crippen molar-refractivity contribution in [3.05, 3.63) is 0 Å². The smallest absolute Gasteiger partial charge is 0.228 e. The van der Waals surface area contributed by atoms with Crippen molar-refractivity contribution >= 4 is 27.7 Å². The second kappa shape index (κ2) is 9.42. The Morgan fingerprint density at radius 1 is 1.27 bits per heavy atom. The SMILES string of the molecule is CCCC(N)=O.NC(=O)CBr. The van der Waals surface area contributed by atoms with Crippen LogP contribution in [0.25, 0.3) is 0 Å². The fraction of sp³-hybridized carbons (Fsp3) is 0.667. The summed E-state index contributed by atoms with van der Waals surface area (Å²) in [6, 6.07) is 0. The molecule has 0 aromatic heterocycles. The van der Waals surface area contributed by atoms with Gasteiger partial charge in [0.1, 0.15) is 0 Å². The monoisotopic (exact) mass is 224 g/mol. The van der Waals surface area contributed by atoms with Gasteiger partial charge in [0.25, 0.3) is 0 Å². The van der Waals surface area contributed by atoms with Gasteiger partial charge >= 0.3 is 0 Å². The molecular weight excluding hydrogens is 212 g/mol. The van der Waals surface area contributed by atoms with Crippen LogP contribution in [0.5, 0.6) is 0 Å². The minimum absolute atomic E-state index is 0.211. The van der Waals surface area contributed by atoms with E-state index in [9.17, 15) is 9.59 Å². The molecule has 0 heterocycles. The van der Waals surface area contributed by atoms with Crippen molar-refractivity contribution in [2.75, 3.05) is 5.33 Å². The van der Waals surface area contributed by atoms with Crippen LogP contribution >= 0.6 is 15.9 Å². The average molecular weight is 225 g/mol. The first kappa shape index (κ1) is 13.0. The summed E-state index contributed by atoms with van der Waals surface area (Å²) >= 11 is 2.84. The van der Waals surface area contributed by atoms with Gasteiger partial charge < -0.3 is 11.5 Å². The lowest BCUT2D eigenvalue weighted by molar-refractivity contribution is -0.118. The van der Waals surface area contributed by atoms with Crippen LogP contribution in [0.15, 0.2) is 0 Å². The van der Waals surface area contributed by atoms with E-state index >= 15 is 0 Å². The van der Waals surface area contributed by atoms with Crippen LogP contribution in [-0.2, 0) is 9.59 Å². The van der Waals surface area contributed by atoms with Crippen molar-refractivity contribution in [1.29, 1.82) is 0 Å². The molecule has 0 bridgehead atoms. The Balaban J connectivity index is 0. The quantitative estimate of drug-likeness (QED) is 0.669. The maximum Gasteiger partial charge on any atom is 0.228 e. The minimum atomic E-state index is -0.329. The molecule has 4 nitrogen and oxygen atoms in total. The van der Waals surface area contributed by atoms with Crippen molar-refractivity contribution in [3.8, 4) is 0 Å². The molecule has 0 aromatic carbocycles. The van der Waals surface area contributed by atoms with Crippen LogP contribution in [-0.4, -0.2) is 17.1 Å². The summed E-state index contributed by atoms with van der Waals surface area (Å²) in [6.45, 7) is 1.92. The van der Waals surface area contributed by atoms with Gasteiger partial charge in [0.2, 0.25) is 11.8 Å². The van der Waals surface area contributed by atoms with E-state index in [1.807, 2.05) is 6.92 Å². The first-order chi connectivity index (χ1) is 5.04. The van der Waals surface area contributed by atoms with Gasteiger partial charge in [-0.2, -0.15) is 0 Å². The summed E-state index contributed by atoms with van der Waals surface area (Å²) in [6.07, 6.45) is 1.37. The van der Waals surface area contributed by atoms with E-state index in [0.29, 0.717) is 6.42 Å². The molecule has 0 aliphatic heterocycles. The van der Waals surface area contributed by atoms with E-state index in [2.05, 4.69) is 21.7 Å². The van der Waals surface area contributed by atoms with Gasteiger partial charge in [-0.1, -0.05) is 22.9 Å². The molecule has 0 aromatic rings. The van der Waals surface area contributed by atoms with E-state index in [0.717, 1.165) is 6.42 Å². The summed E-state index contributed by atoms with van der Waals surface area (Å²) < 4.78 is 0. The first-order valence-electron chi connectivity index (χ1n) is 3.17. The fourth-order valence-electron chi connectivity index (χ4n) is 0.246. The van der Waals surface area contributed by atoms with Crippen LogP contribution in [0.1, 0.15) is 19.8 Å². The van der Waals surface area contributed by atoms with Crippen molar-refractivity contribution in [2.24, 2.45) is 11.5 Å². The average Bonchev–Trinajstić information content (AvgIpc) is 1.89. The highest BCUT2D eigenvalue weighted by atomic mass is 79.9. The van der Waals surface area contributed by atoms with Crippen molar-refractivity contribution in [2.45, 2.75) is 19.8 Å². The van der Waals surface area contributed by atoms with Gasteiger partial charge in [0.15, 0.2) is 0 Å². The predicted octanol–water partition coefficient (Wildman–Crippen LogP) is 0.138. The summed E-state index contributed by atoms with van der Waals surface area (Å²) in [5, 5.41) is 0.257. The number of primary amides is 2. The highest BCUT2D eigenvalue weighted by Gasteiger charge is 1.84. The standard InChI is InChI=1S/C4H9NO.C2H4BrNO/c1-2-3-4(5)6;3-1-2(4)5/h2-3H2,1H3,(H2,5,6);1H2,(H2,4,5). The van der Waals surface area contributed by atoms with Gasteiger partial charge in [-0.15, -0.1) is 0 Å². The van der Waals surface area contributed by atoms with E-state index in [1.165, 1.54) is 0 Å². The molecule has 0 aliphatic carbocycles. The summed E-state index contributed by atoms with van der Waals surface area (Å²) in [5.41, 5.74) is 9.37. The van der Waals surface area contributed by atoms with Crippen LogP contribution in [0, 0.1) is 0 Å². The molecule has 0 aliphatic rings. The number of nitrogens with two attached hydrogens (primary N) is 2. The zero-order valence-corrected chi connectivity index (χ0v) is 8.06. The third-order valence-corrected chi connectivity index (χ3v) is 1.18. The molecule has 11 heavy (non-hydrogen) atoms. The number of carbonyl (C=O) groups is 2. The van der Waals surface area contributed by atoms with Crippen LogP contribution < -0.4 is 11.5 Å². The number of hydrogen-bond acceptors (Lipinski definition) is 2. The predicted molar refractivity (Wildman–Crippen MR) is 47.1 cm³/mol. The minimum Gasteiger partial charge on any atom is -0.370 e. The molecule has 2 amide bonds. The number of carbonyl (C=O) groups excluding carboxylic acids is 2. The Labute approximate surface area is 74.4 Å². The number of alkyl halides is 1. The lowest BCUT2D eigenvalue weighted by Gasteiger charge is -1.81. The molecule has 5 heteroatoms. The van der Waals surface area contributed by atoms with Gasteiger partial charge in [0.05, 0.1) is 5.33 Å². The molecule has 4 N–H and O–H groups in total. The maximum atomic E-state index is 9.82. The Hall–Kier alpha value is -0.580. The molecular formula is C6H13BrN2O2.